The number of rotatable bonds is 7. The number of hydrogen-bond acceptors (Lipinski definition) is 7. The number of carbonyl (C=O) groups excluding carboxylic acids is 1. The van der Waals surface area contributed by atoms with Crippen molar-refractivity contribution in [2.24, 2.45) is 0 Å². The van der Waals surface area contributed by atoms with Crippen molar-refractivity contribution in [3.63, 3.8) is 0 Å². The first-order valence-corrected chi connectivity index (χ1v) is 8.04. The van der Waals surface area contributed by atoms with E-state index >= 15 is 0 Å². The van der Waals surface area contributed by atoms with Crippen molar-refractivity contribution in [2.45, 2.75) is 39.1 Å². The maximum atomic E-state index is 12.2. The molecule has 0 saturated carbocycles. The van der Waals surface area contributed by atoms with Gasteiger partial charge < -0.3 is 14.5 Å². The van der Waals surface area contributed by atoms with Crippen molar-refractivity contribution in [1.29, 1.82) is 0 Å². The summed E-state index contributed by atoms with van der Waals surface area (Å²) in [7, 11) is 1.72. The van der Waals surface area contributed by atoms with Gasteiger partial charge in [0.15, 0.2) is 5.69 Å². The van der Waals surface area contributed by atoms with Crippen LogP contribution in [0.2, 0.25) is 0 Å². The SMILES string of the molecule is CCn1ncnc1CNC(=O)c1coc(CN2CC[C@H](OC)C2)n1. The summed E-state index contributed by atoms with van der Waals surface area (Å²) < 4.78 is 12.5. The summed E-state index contributed by atoms with van der Waals surface area (Å²) in [5.74, 6) is 0.956. The topological polar surface area (TPSA) is 98.3 Å². The summed E-state index contributed by atoms with van der Waals surface area (Å²) in [5.41, 5.74) is 0.273. The third-order valence-corrected chi connectivity index (χ3v) is 4.11. The molecule has 9 heteroatoms. The normalized spacial score (nSPS) is 18.2. The highest BCUT2D eigenvalue weighted by atomic mass is 16.5. The highest BCUT2D eigenvalue weighted by Gasteiger charge is 2.23. The molecule has 130 valence electrons. The Hall–Kier alpha value is -2.26. The molecule has 3 heterocycles. The second-order valence-electron chi connectivity index (χ2n) is 5.68. The van der Waals surface area contributed by atoms with Crippen LogP contribution in [0.1, 0.15) is 35.5 Å². The minimum atomic E-state index is -0.285. The standard InChI is InChI=1S/C15H22N6O3/c1-3-21-13(17-10-18-21)6-16-15(22)12-9-24-14(19-12)8-20-5-4-11(7-20)23-2/h9-11H,3-8H2,1-2H3,(H,16,22)/t11-/m0/s1. The van der Waals surface area contributed by atoms with Crippen molar-refractivity contribution in [3.8, 4) is 0 Å². The van der Waals surface area contributed by atoms with Gasteiger partial charge in [0.2, 0.25) is 5.89 Å². The fourth-order valence-corrected chi connectivity index (χ4v) is 2.75. The van der Waals surface area contributed by atoms with Crippen LogP contribution in [0.3, 0.4) is 0 Å². The van der Waals surface area contributed by atoms with Crippen LogP contribution in [0.5, 0.6) is 0 Å². The fourth-order valence-electron chi connectivity index (χ4n) is 2.75. The van der Waals surface area contributed by atoms with E-state index < -0.39 is 0 Å². The smallest absolute Gasteiger partial charge is 0.273 e. The van der Waals surface area contributed by atoms with Gasteiger partial charge in [-0.05, 0) is 13.3 Å². The van der Waals surface area contributed by atoms with E-state index in [1.54, 1.807) is 11.8 Å². The predicted octanol–water partition coefficient (Wildman–Crippen LogP) is 0.437. The number of ether oxygens (including phenoxy) is 1. The molecule has 3 rings (SSSR count). The van der Waals surface area contributed by atoms with Crippen LogP contribution in [-0.2, 0) is 24.4 Å². The first-order valence-electron chi connectivity index (χ1n) is 8.04. The van der Waals surface area contributed by atoms with E-state index in [1.165, 1.54) is 12.6 Å². The Morgan fingerprint density at radius 1 is 1.54 bits per heavy atom. The minimum absolute atomic E-state index is 0.263. The van der Waals surface area contributed by atoms with Gasteiger partial charge in [-0.15, -0.1) is 0 Å². The molecule has 0 aliphatic carbocycles. The first-order chi connectivity index (χ1) is 11.7. The Labute approximate surface area is 140 Å². The number of aromatic nitrogens is 4. The second-order valence-corrected chi connectivity index (χ2v) is 5.68. The van der Waals surface area contributed by atoms with E-state index in [9.17, 15) is 4.79 Å². The summed E-state index contributed by atoms with van der Waals surface area (Å²) >= 11 is 0. The minimum Gasteiger partial charge on any atom is -0.447 e. The van der Waals surface area contributed by atoms with E-state index in [1.807, 2.05) is 6.92 Å². The molecule has 24 heavy (non-hydrogen) atoms. The van der Waals surface area contributed by atoms with Crippen LogP contribution in [0, 0.1) is 0 Å². The lowest BCUT2D eigenvalue weighted by atomic mass is 10.3. The average molecular weight is 334 g/mol. The Morgan fingerprint density at radius 2 is 2.42 bits per heavy atom. The number of hydrogen-bond donors (Lipinski definition) is 1. The van der Waals surface area contributed by atoms with E-state index in [-0.39, 0.29) is 17.7 Å². The molecule has 0 unspecified atom stereocenters. The molecule has 1 N–H and O–H groups in total. The van der Waals surface area contributed by atoms with Crippen molar-refractivity contribution in [1.82, 2.24) is 30.0 Å². The van der Waals surface area contributed by atoms with Crippen molar-refractivity contribution in [3.05, 3.63) is 30.0 Å². The van der Waals surface area contributed by atoms with Gasteiger partial charge in [-0.1, -0.05) is 0 Å². The maximum absolute atomic E-state index is 12.2. The number of carbonyl (C=O) groups is 1. The van der Waals surface area contributed by atoms with Crippen LogP contribution in [0.15, 0.2) is 17.0 Å². The number of aryl methyl sites for hydroxylation is 1. The van der Waals surface area contributed by atoms with E-state index in [0.29, 0.717) is 31.3 Å². The highest BCUT2D eigenvalue weighted by molar-refractivity contribution is 5.91. The van der Waals surface area contributed by atoms with Crippen molar-refractivity contribution < 1.29 is 13.9 Å². The molecule has 2 aromatic rings. The van der Waals surface area contributed by atoms with Gasteiger partial charge in [-0.25, -0.2) is 14.6 Å². The van der Waals surface area contributed by atoms with Gasteiger partial charge in [0, 0.05) is 26.7 Å². The number of nitrogens with one attached hydrogen (secondary N) is 1. The fraction of sp³-hybridized carbons (Fsp3) is 0.600. The third kappa shape index (κ3) is 3.80. The van der Waals surface area contributed by atoms with Gasteiger partial charge in [0.25, 0.3) is 5.91 Å². The summed E-state index contributed by atoms with van der Waals surface area (Å²) in [6, 6.07) is 0. The average Bonchev–Trinajstić information content (AvgIpc) is 3.33. The lowest BCUT2D eigenvalue weighted by Crippen LogP contribution is -2.25. The molecule has 1 saturated heterocycles. The number of methoxy groups -OCH3 is 1. The van der Waals surface area contributed by atoms with Crippen molar-refractivity contribution in [2.75, 3.05) is 20.2 Å². The molecule has 1 atom stereocenters. The Balaban J connectivity index is 1.52. The lowest BCUT2D eigenvalue weighted by molar-refractivity contribution is 0.0944. The monoisotopic (exact) mass is 334 g/mol. The van der Waals surface area contributed by atoms with E-state index in [2.05, 4.69) is 25.3 Å². The second kappa shape index (κ2) is 7.54. The predicted molar refractivity (Wildman–Crippen MR) is 84.1 cm³/mol. The molecular formula is C15H22N6O3. The van der Waals surface area contributed by atoms with E-state index in [4.69, 9.17) is 9.15 Å². The highest BCUT2D eigenvalue weighted by Crippen LogP contribution is 2.15. The van der Waals surface area contributed by atoms with Crippen molar-refractivity contribution >= 4 is 5.91 Å². The van der Waals surface area contributed by atoms with Crippen LogP contribution in [-0.4, -0.2) is 56.9 Å². The zero-order valence-corrected chi connectivity index (χ0v) is 13.9. The molecule has 1 aliphatic rings. The summed E-state index contributed by atoms with van der Waals surface area (Å²) in [5, 5.41) is 6.85. The molecule has 1 amide bonds. The van der Waals surface area contributed by atoms with Crippen LogP contribution >= 0.6 is 0 Å². The Kier molecular flexibility index (Phi) is 5.21. The Bertz CT molecular complexity index is 682. The zero-order valence-electron chi connectivity index (χ0n) is 13.9. The molecule has 2 aromatic heterocycles. The maximum Gasteiger partial charge on any atom is 0.273 e. The van der Waals surface area contributed by atoms with Gasteiger partial charge in [-0.2, -0.15) is 5.10 Å². The number of amides is 1. The summed E-state index contributed by atoms with van der Waals surface area (Å²) in [6.45, 7) is 5.35. The Morgan fingerprint density at radius 3 is 3.17 bits per heavy atom. The van der Waals surface area contributed by atoms with Crippen LogP contribution in [0.4, 0.5) is 0 Å². The van der Waals surface area contributed by atoms with E-state index in [0.717, 1.165) is 19.5 Å². The van der Waals surface area contributed by atoms with Gasteiger partial charge in [0.1, 0.15) is 18.4 Å². The number of oxazole rings is 1. The summed E-state index contributed by atoms with van der Waals surface area (Å²) in [6.07, 6.45) is 4.13. The molecular weight excluding hydrogens is 312 g/mol. The molecule has 0 spiro atoms. The molecule has 0 bridgehead atoms. The van der Waals surface area contributed by atoms with Gasteiger partial charge >= 0.3 is 0 Å². The molecule has 0 aromatic carbocycles. The van der Waals surface area contributed by atoms with Gasteiger partial charge in [-0.3, -0.25) is 9.69 Å². The lowest BCUT2D eigenvalue weighted by Gasteiger charge is -2.12. The molecule has 1 aliphatic heterocycles. The molecule has 9 nitrogen and oxygen atoms in total. The molecule has 0 radical (unpaired) electrons. The van der Waals surface area contributed by atoms with Crippen LogP contribution in [0.25, 0.3) is 0 Å². The largest absolute Gasteiger partial charge is 0.447 e. The number of nitrogens with zero attached hydrogens (tertiary/aromatic N) is 5. The summed E-state index contributed by atoms with van der Waals surface area (Å²) in [4.78, 5) is 22.7. The van der Waals surface area contributed by atoms with Gasteiger partial charge in [0.05, 0.1) is 19.2 Å². The quantitative estimate of drug-likeness (QED) is 0.784. The third-order valence-electron chi connectivity index (χ3n) is 4.11. The van der Waals surface area contributed by atoms with Crippen LogP contribution < -0.4 is 5.32 Å². The number of likely N-dealkylation sites (tertiary alicyclic amines) is 1. The molecule has 1 fully saturated rings. The zero-order chi connectivity index (χ0) is 16.9. The first kappa shape index (κ1) is 16.6.